The monoisotopic (exact) mass is 288 g/mol. The Hall–Kier alpha value is -1.68. The van der Waals surface area contributed by atoms with E-state index in [2.05, 4.69) is 5.32 Å². The van der Waals surface area contributed by atoms with Gasteiger partial charge >= 0.3 is 6.18 Å². The molecule has 1 aromatic rings. The summed E-state index contributed by atoms with van der Waals surface area (Å²) in [4.78, 5) is 11.4. The summed E-state index contributed by atoms with van der Waals surface area (Å²) in [5, 5.41) is 11.0. The number of halogens is 3. The number of alkyl halides is 3. The second-order valence-electron chi connectivity index (χ2n) is 3.66. The van der Waals surface area contributed by atoms with Gasteiger partial charge in [-0.15, -0.1) is 0 Å². The van der Waals surface area contributed by atoms with Crippen molar-refractivity contribution in [2.75, 3.05) is 17.3 Å². The Bertz CT molecular complexity index is 509. The molecule has 0 bridgehead atoms. The summed E-state index contributed by atoms with van der Waals surface area (Å²) in [6.45, 7) is 0. The third-order valence-electron chi connectivity index (χ3n) is 2.26. The van der Waals surface area contributed by atoms with Gasteiger partial charge in [0.05, 0.1) is 17.2 Å². The minimum atomic E-state index is -4.62. The maximum Gasteiger partial charge on any atom is 0.417 e. The highest BCUT2D eigenvalue weighted by Gasteiger charge is 2.33. The fraction of sp³-hybridized carbons (Fsp3) is 0.333. The van der Waals surface area contributed by atoms with Crippen LogP contribution in [0.25, 0.3) is 0 Å². The molecule has 0 unspecified atom stereocenters. The van der Waals surface area contributed by atoms with Crippen LogP contribution in [0.1, 0.15) is 17.5 Å². The number of nitriles is 1. The third-order valence-corrected chi connectivity index (χ3v) is 2.87. The van der Waals surface area contributed by atoms with Gasteiger partial charge in [0.2, 0.25) is 5.91 Å². The van der Waals surface area contributed by atoms with Crippen LogP contribution >= 0.6 is 11.8 Å². The van der Waals surface area contributed by atoms with Gasteiger partial charge in [-0.25, -0.2) is 0 Å². The lowest BCUT2D eigenvalue weighted by Gasteiger charge is -2.11. The number of carbonyl (C=O) groups is 1. The second kappa shape index (κ2) is 6.48. The Morgan fingerprint density at radius 2 is 2.16 bits per heavy atom. The van der Waals surface area contributed by atoms with Crippen LogP contribution in [0.3, 0.4) is 0 Å². The van der Waals surface area contributed by atoms with Gasteiger partial charge in [0.1, 0.15) is 0 Å². The Morgan fingerprint density at radius 1 is 1.47 bits per heavy atom. The van der Waals surface area contributed by atoms with E-state index in [1.807, 2.05) is 6.26 Å². The summed E-state index contributed by atoms with van der Waals surface area (Å²) in [5.41, 5.74) is -1.47. The van der Waals surface area contributed by atoms with Crippen LogP contribution in [0.4, 0.5) is 18.9 Å². The Morgan fingerprint density at radius 3 is 2.68 bits per heavy atom. The molecule has 7 heteroatoms. The highest BCUT2D eigenvalue weighted by molar-refractivity contribution is 7.98. The first-order chi connectivity index (χ1) is 8.88. The lowest BCUT2D eigenvalue weighted by atomic mass is 10.1. The first-order valence-electron chi connectivity index (χ1n) is 5.28. The molecule has 1 amide bonds. The molecular formula is C12H11F3N2OS. The van der Waals surface area contributed by atoms with E-state index in [1.165, 1.54) is 23.9 Å². The van der Waals surface area contributed by atoms with E-state index in [4.69, 9.17) is 5.26 Å². The molecule has 1 rings (SSSR count). The van der Waals surface area contributed by atoms with Crippen LogP contribution < -0.4 is 5.32 Å². The normalized spacial score (nSPS) is 10.9. The molecule has 1 N–H and O–H groups in total. The number of anilines is 1. The van der Waals surface area contributed by atoms with Crippen LogP contribution in [-0.4, -0.2) is 17.9 Å². The van der Waals surface area contributed by atoms with Gasteiger partial charge in [-0.05, 0) is 24.5 Å². The number of nitrogens with zero attached hydrogens (tertiary/aromatic N) is 1. The van der Waals surface area contributed by atoms with Crippen molar-refractivity contribution in [1.82, 2.24) is 0 Å². The van der Waals surface area contributed by atoms with Crippen molar-refractivity contribution in [2.45, 2.75) is 12.6 Å². The summed E-state index contributed by atoms with van der Waals surface area (Å²) in [6, 6.07) is 4.59. The molecule has 0 aliphatic rings. The van der Waals surface area contributed by atoms with E-state index in [-0.39, 0.29) is 18.0 Å². The van der Waals surface area contributed by atoms with Crippen LogP contribution in [0, 0.1) is 11.3 Å². The van der Waals surface area contributed by atoms with Gasteiger partial charge in [0.25, 0.3) is 0 Å². The number of benzene rings is 1. The number of hydrogen-bond donors (Lipinski definition) is 1. The quantitative estimate of drug-likeness (QED) is 0.925. The molecule has 0 aliphatic carbocycles. The molecule has 3 nitrogen and oxygen atoms in total. The molecule has 1 aromatic carbocycles. The van der Waals surface area contributed by atoms with Crippen molar-refractivity contribution in [2.24, 2.45) is 0 Å². The van der Waals surface area contributed by atoms with Gasteiger partial charge < -0.3 is 5.32 Å². The fourth-order valence-corrected chi connectivity index (χ4v) is 1.76. The molecule has 0 saturated heterocycles. The van der Waals surface area contributed by atoms with Crippen LogP contribution in [0.5, 0.6) is 0 Å². The zero-order valence-corrected chi connectivity index (χ0v) is 10.9. The largest absolute Gasteiger partial charge is 0.417 e. The van der Waals surface area contributed by atoms with E-state index in [1.54, 1.807) is 0 Å². The first-order valence-corrected chi connectivity index (χ1v) is 6.68. The molecule has 0 saturated carbocycles. The van der Waals surface area contributed by atoms with Crippen molar-refractivity contribution < 1.29 is 18.0 Å². The number of rotatable bonds is 4. The maximum atomic E-state index is 12.7. The molecule has 102 valence electrons. The van der Waals surface area contributed by atoms with Crippen LogP contribution in [-0.2, 0) is 11.0 Å². The summed E-state index contributed by atoms with van der Waals surface area (Å²) >= 11 is 1.47. The SMILES string of the molecule is CSCCC(=O)Nc1ccc(C#N)c(C(F)(F)F)c1. The molecule has 0 aliphatic heterocycles. The van der Waals surface area contributed by atoms with E-state index >= 15 is 0 Å². The smallest absolute Gasteiger partial charge is 0.326 e. The molecule has 0 aromatic heterocycles. The molecule has 0 heterocycles. The number of carbonyl (C=O) groups excluding carboxylic acids is 1. The van der Waals surface area contributed by atoms with Gasteiger partial charge in [0.15, 0.2) is 0 Å². The zero-order valence-electron chi connectivity index (χ0n) is 10.0. The van der Waals surface area contributed by atoms with E-state index < -0.39 is 17.3 Å². The predicted molar refractivity (Wildman–Crippen MR) is 67.8 cm³/mol. The Labute approximate surface area is 112 Å². The van der Waals surface area contributed by atoms with E-state index in [0.29, 0.717) is 5.75 Å². The van der Waals surface area contributed by atoms with Gasteiger partial charge in [-0.2, -0.15) is 30.2 Å². The van der Waals surface area contributed by atoms with Crippen molar-refractivity contribution in [3.63, 3.8) is 0 Å². The third kappa shape index (κ3) is 4.48. The van der Waals surface area contributed by atoms with Crippen molar-refractivity contribution in [3.05, 3.63) is 29.3 Å². The van der Waals surface area contributed by atoms with Gasteiger partial charge in [0, 0.05) is 17.9 Å². The summed E-state index contributed by atoms with van der Waals surface area (Å²) < 4.78 is 38.1. The minimum Gasteiger partial charge on any atom is -0.326 e. The molecule has 19 heavy (non-hydrogen) atoms. The Kier molecular flexibility index (Phi) is 5.24. The zero-order chi connectivity index (χ0) is 14.5. The molecule has 0 fully saturated rings. The van der Waals surface area contributed by atoms with E-state index in [9.17, 15) is 18.0 Å². The van der Waals surface area contributed by atoms with Crippen molar-refractivity contribution in [3.8, 4) is 6.07 Å². The maximum absolute atomic E-state index is 12.7. The topological polar surface area (TPSA) is 52.9 Å². The average Bonchev–Trinajstić information content (AvgIpc) is 2.35. The standard InChI is InChI=1S/C12H11F3N2OS/c1-19-5-4-11(18)17-9-3-2-8(7-16)10(6-9)12(13,14)15/h2-3,6H,4-5H2,1H3,(H,17,18). The van der Waals surface area contributed by atoms with E-state index in [0.717, 1.165) is 12.1 Å². The van der Waals surface area contributed by atoms with Crippen molar-refractivity contribution in [1.29, 1.82) is 5.26 Å². The van der Waals surface area contributed by atoms with Crippen molar-refractivity contribution >= 4 is 23.4 Å². The summed E-state index contributed by atoms with van der Waals surface area (Å²) in [5.74, 6) is 0.237. The molecule has 0 spiro atoms. The first kappa shape index (κ1) is 15.4. The number of amides is 1. The highest BCUT2D eigenvalue weighted by Crippen LogP contribution is 2.33. The van der Waals surface area contributed by atoms with Crippen LogP contribution in [0.15, 0.2) is 18.2 Å². The van der Waals surface area contributed by atoms with Crippen LogP contribution in [0.2, 0.25) is 0 Å². The minimum absolute atomic E-state index is 0.0393. The lowest BCUT2D eigenvalue weighted by Crippen LogP contribution is -2.14. The average molecular weight is 288 g/mol. The Balaban J connectivity index is 2.94. The molecule has 0 radical (unpaired) electrons. The van der Waals surface area contributed by atoms with Gasteiger partial charge in [-0.3, -0.25) is 4.79 Å². The lowest BCUT2D eigenvalue weighted by molar-refractivity contribution is -0.137. The highest BCUT2D eigenvalue weighted by atomic mass is 32.2. The predicted octanol–water partition coefficient (Wildman–Crippen LogP) is 3.27. The number of nitrogens with one attached hydrogen (secondary N) is 1. The van der Waals surface area contributed by atoms with Gasteiger partial charge in [-0.1, -0.05) is 0 Å². The molecular weight excluding hydrogens is 277 g/mol. The number of thioether (sulfide) groups is 1. The fourth-order valence-electron chi connectivity index (χ4n) is 1.37. The molecule has 0 atom stereocenters. The summed E-state index contributed by atoms with van der Waals surface area (Å²) in [7, 11) is 0. The second-order valence-corrected chi connectivity index (χ2v) is 4.65. The number of hydrogen-bond acceptors (Lipinski definition) is 3. The summed E-state index contributed by atoms with van der Waals surface area (Å²) in [6.07, 6.45) is -2.57.